The lowest BCUT2D eigenvalue weighted by Gasteiger charge is -2.13. The molecule has 0 saturated heterocycles. The first-order valence-electron chi connectivity index (χ1n) is 6.00. The molecule has 0 unspecified atom stereocenters. The van der Waals surface area contributed by atoms with E-state index in [1.54, 1.807) is 0 Å². The van der Waals surface area contributed by atoms with Crippen molar-refractivity contribution in [3.63, 3.8) is 0 Å². The molecule has 0 saturated carbocycles. The summed E-state index contributed by atoms with van der Waals surface area (Å²) in [7, 11) is 0. The Balaban J connectivity index is 2.26. The quantitative estimate of drug-likeness (QED) is 0.722. The van der Waals surface area contributed by atoms with Crippen molar-refractivity contribution in [2.75, 3.05) is 0 Å². The molecule has 0 aromatic heterocycles. The maximum atomic E-state index is 5.93. The Bertz CT molecular complexity index is 483. The Hall–Kier alpha value is -1.76. The summed E-state index contributed by atoms with van der Waals surface area (Å²) < 4.78 is 5.93. The number of hydrogen-bond donors (Lipinski definition) is 0. The van der Waals surface area contributed by atoms with E-state index in [0.29, 0.717) is 5.92 Å². The molecule has 2 aromatic rings. The van der Waals surface area contributed by atoms with E-state index in [0.717, 1.165) is 11.5 Å². The van der Waals surface area contributed by atoms with Gasteiger partial charge < -0.3 is 4.74 Å². The van der Waals surface area contributed by atoms with Gasteiger partial charge in [-0.2, -0.15) is 0 Å². The molecule has 0 N–H and O–H groups in total. The van der Waals surface area contributed by atoms with Gasteiger partial charge in [0, 0.05) is 0 Å². The van der Waals surface area contributed by atoms with Gasteiger partial charge in [0.05, 0.1) is 0 Å². The van der Waals surface area contributed by atoms with Gasteiger partial charge >= 0.3 is 0 Å². The average molecular weight is 226 g/mol. The van der Waals surface area contributed by atoms with Gasteiger partial charge in [0.1, 0.15) is 11.5 Å². The molecule has 0 fully saturated rings. The zero-order valence-electron chi connectivity index (χ0n) is 10.6. The van der Waals surface area contributed by atoms with Crippen molar-refractivity contribution < 1.29 is 4.74 Å². The highest BCUT2D eigenvalue weighted by atomic mass is 16.5. The summed E-state index contributed by atoms with van der Waals surface area (Å²) in [4.78, 5) is 0. The summed E-state index contributed by atoms with van der Waals surface area (Å²) in [6, 6.07) is 16.3. The molecule has 0 heterocycles. The lowest BCUT2D eigenvalue weighted by molar-refractivity contribution is 0.473. The van der Waals surface area contributed by atoms with Gasteiger partial charge in [0.25, 0.3) is 0 Å². The second-order valence-corrected chi connectivity index (χ2v) is 4.61. The van der Waals surface area contributed by atoms with E-state index in [9.17, 15) is 0 Å². The Morgan fingerprint density at radius 2 is 1.53 bits per heavy atom. The van der Waals surface area contributed by atoms with Crippen molar-refractivity contribution in [2.24, 2.45) is 0 Å². The number of aryl methyl sites for hydroxylation is 1. The third-order valence-corrected chi connectivity index (χ3v) is 2.79. The summed E-state index contributed by atoms with van der Waals surface area (Å²) in [6.45, 7) is 6.43. The van der Waals surface area contributed by atoms with Crippen molar-refractivity contribution in [3.8, 4) is 11.5 Å². The Morgan fingerprint density at radius 1 is 0.882 bits per heavy atom. The van der Waals surface area contributed by atoms with E-state index < -0.39 is 0 Å². The maximum absolute atomic E-state index is 5.93. The highest BCUT2D eigenvalue weighted by molar-refractivity contribution is 5.39. The minimum absolute atomic E-state index is 0.469. The van der Waals surface area contributed by atoms with E-state index in [-0.39, 0.29) is 0 Å². The molecule has 0 aliphatic heterocycles. The zero-order chi connectivity index (χ0) is 12.3. The summed E-state index contributed by atoms with van der Waals surface area (Å²) in [5, 5.41) is 0. The first-order valence-corrected chi connectivity index (χ1v) is 6.00. The Labute approximate surface area is 103 Å². The topological polar surface area (TPSA) is 9.23 Å². The molecule has 2 rings (SSSR count). The van der Waals surface area contributed by atoms with Crippen LogP contribution in [0.2, 0.25) is 0 Å². The number of hydrogen-bond acceptors (Lipinski definition) is 1. The molecule has 2 aromatic carbocycles. The highest BCUT2D eigenvalue weighted by Crippen LogP contribution is 2.30. The number of ether oxygens (including phenoxy) is 1. The molecular formula is C16H18O. The molecule has 88 valence electrons. The van der Waals surface area contributed by atoms with E-state index in [1.165, 1.54) is 11.1 Å². The van der Waals surface area contributed by atoms with Gasteiger partial charge in [0.2, 0.25) is 0 Å². The normalized spacial score (nSPS) is 10.6. The highest BCUT2D eigenvalue weighted by Gasteiger charge is 2.07. The van der Waals surface area contributed by atoms with Crippen LogP contribution < -0.4 is 4.74 Å². The molecule has 0 spiro atoms. The molecule has 1 heteroatoms. The molecule has 17 heavy (non-hydrogen) atoms. The van der Waals surface area contributed by atoms with Crippen LogP contribution in [0.5, 0.6) is 11.5 Å². The molecule has 0 radical (unpaired) electrons. The lowest BCUT2D eigenvalue weighted by atomic mass is 10.0. The third-order valence-electron chi connectivity index (χ3n) is 2.79. The van der Waals surface area contributed by atoms with Crippen molar-refractivity contribution in [1.29, 1.82) is 0 Å². The largest absolute Gasteiger partial charge is 0.457 e. The van der Waals surface area contributed by atoms with Gasteiger partial charge in [-0.05, 0) is 36.6 Å². The first kappa shape index (κ1) is 11.7. The van der Waals surface area contributed by atoms with Crippen molar-refractivity contribution in [2.45, 2.75) is 26.7 Å². The van der Waals surface area contributed by atoms with E-state index in [4.69, 9.17) is 4.74 Å². The number of rotatable bonds is 3. The van der Waals surface area contributed by atoms with Crippen LogP contribution in [-0.2, 0) is 0 Å². The average Bonchev–Trinajstić information content (AvgIpc) is 2.32. The van der Waals surface area contributed by atoms with E-state index >= 15 is 0 Å². The Morgan fingerprint density at radius 3 is 2.18 bits per heavy atom. The number of benzene rings is 2. The van der Waals surface area contributed by atoms with Crippen LogP contribution in [0, 0.1) is 6.92 Å². The van der Waals surface area contributed by atoms with Crippen LogP contribution in [0.4, 0.5) is 0 Å². The molecule has 1 nitrogen and oxygen atoms in total. The van der Waals surface area contributed by atoms with Crippen molar-refractivity contribution in [3.05, 3.63) is 59.7 Å². The lowest BCUT2D eigenvalue weighted by Crippen LogP contribution is -1.93. The zero-order valence-corrected chi connectivity index (χ0v) is 10.6. The molecule has 0 aliphatic carbocycles. The Kier molecular flexibility index (Phi) is 3.48. The summed E-state index contributed by atoms with van der Waals surface area (Å²) >= 11 is 0. The summed E-state index contributed by atoms with van der Waals surface area (Å²) in [6.07, 6.45) is 0. The fourth-order valence-corrected chi connectivity index (χ4v) is 1.78. The van der Waals surface area contributed by atoms with E-state index in [2.05, 4.69) is 45.0 Å². The fourth-order valence-electron chi connectivity index (χ4n) is 1.78. The predicted molar refractivity (Wildman–Crippen MR) is 71.8 cm³/mol. The number of para-hydroxylation sites is 1. The van der Waals surface area contributed by atoms with Gasteiger partial charge in [-0.15, -0.1) is 0 Å². The van der Waals surface area contributed by atoms with Gasteiger partial charge in [-0.3, -0.25) is 0 Å². The van der Waals surface area contributed by atoms with Crippen LogP contribution in [-0.4, -0.2) is 0 Å². The predicted octanol–water partition coefficient (Wildman–Crippen LogP) is 4.91. The van der Waals surface area contributed by atoms with Gasteiger partial charge in [-0.25, -0.2) is 0 Å². The standard InChI is InChI=1S/C16H18O/c1-12(2)15-6-4-5-7-16(15)17-14-10-8-13(3)9-11-14/h4-12H,1-3H3. The van der Waals surface area contributed by atoms with E-state index in [1.807, 2.05) is 24.3 Å². The first-order chi connectivity index (χ1) is 8.16. The second kappa shape index (κ2) is 5.05. The van der Waals surface area contributed by atoms with Crippen LogP contribution in [0.3, 0.4) is 0 Å². The molecule has 0 bridgehead atoms. The monoisotopic (exact) mass is 226 g/mol. The van der Waals surface area contributed by atoms with Crippen LogP contribution >= 0.6 is 0 Å². The van der Waals surface area contributed by atoms with Gasteiger partial charge in [0.15, 0.2) is 0 Å². The smallest absolute Gasteiger partial charge is 0.130 e. The molecule has 0 aliphatic rings. The van der Waals surface area contributed by atoms with Crippen LogP contribution in [0.15, 0.2) is 48.5 Å². The molecule has 0 atom stereocenters. The van der Waals surface area contributed by atoms with Gasteiger partial charge in [-0.1, -0.05) is 49.7 Å². The SMILES string of the molecule is Cc1ccc(Oc2ccccc2C(C)C)cc1. The minimum Gasteiger partial charge on any atom is -0.457 e. The molecular weight excluding hydrogens is 208 g/mol. The summed E-state index contributed by atoms with van der Waals surface area (Å²) in [5.74, 6) is 2.31. The van der Waals surface area contributed by atoms with Crippen molar-refractivity contribution >= 4 is 0 Å². The van der Waals surface area contributed by atoms with Crippen molar-refractivity contribution in [1.82, 2.24) is 0 Å². The third kappa shape index (κ3) is 2.88. The van der Waals surface area contributed by atoms with Crippen LogP contribution in [0.1, 0.15) is 30.9 Å². The second-order valence-electron chi connectivity index (χ2n) is 4.61. The summed E-state index contributed by atoms with van der Waals surface area (Å²) in [5.41, 5.74) is 2.49. The maximum Gasteiger partial charge on any atom is 0.130 e. The fraction of sp³-hybridized carbons (Fsp3) is 0.250. The molecule has 0 amide bonds. The minimum atomic E-state index is 0.469. The van der Waals surface area contributed by atoms with Crippen LogP contribution in [0.25, 0.3) is 0 Å².